The van der Waals surface area contributed by atoms with Crippen molar-refractivity contribution < 1.29 is 29.2 Å². The molecule has 3 N–H and O–H groups in total. The van der Waals surface area contributed by atoms with Gasteiger partial charge in [0, 0.05) is 57.1 Å². The number of fused-ring (bicyclic) bond motifs is 2. The van der Waals surface area contributed by atoms with E-state index >= 15 is 4.39 Å². The molecule has 0 bridgehead atoms. The highest BCUT2D eigenvalue weighted by Gasteiger charge is 2.33. The number of H-pyrrole nitrogens is 1. The molecule has 1 atom stereocenters. The van der Waals surface area contributed by atoms with Gasteiger partial charge in [0.15, 0.2) is 5.82 Å². The van der Waals surface area contributed by atoms with Gasteiger partial charge in [-0.1, -0.05) is 6.07 Å². The third-order valence-electron chi connectivity index (χ3n) is 7.14. The van der Waals surface area contributed by atoms with E-state index in [9.17, 15) is 22.0 Å². The molecule has 2 aromatic carbocycles. The predicted octanol–water partition coefficient (Wildman–Crippen LogP) is 5.29. The summed E-state index contributed by atoms with van der Waals surface area (Å²) in [6.07, 6.45) is 3.63. The SMILES string of the molecule is O=C(c1c(F)ccc(NS(=O)(=O)N2CC[C@@H](F)C2)c1F)c1c[nH]c2ncc(-c3ccc4c(c3)CCCN4)cc12.[HH].[HH]. The molecule has 0 unspecified atom stereocenters. The summed E-state index contributed by atoms with van der Waals surface area (Å²) in [5.41, 5.74) is 2.68. The minimum absolute atomic E-state index is 0. The molecule has 206 valence electrons. The number of alkyl halides is 1. The second-order valence-corrected chi connectivity index (χ2v) is 11.4. The number of pyridine rings is 1. The molecule has 4 heterocycles. The van der Waals surface area contributed by atoms with Crippen LogP contribution < -0.4 is 10.0 Å². The number of ketones is 1. The number of hydrogen-bond acceptors (Lipinski definition) is 5. The maximum atomic E-state index is 15.5. The summed E-state index contributed by atoms with van der Waals surface area (Å²) in [6, 6.07) is 9.42. The molecule has 12 heteroatoms. The third kappa shape index (κ3) is 4.63. The van der Waals surface area contributed by atoms with Gasteiger partial charge in [0.25, 0.3) is 0 Å². The molecule has 8 nitrogen and oxygen atoms in total. The summed E-state index contributed by atoms with van der Waals surface area (Å²) in [5, 5.41) is 3.72. The van der Waals surface area contributed by atoms with Crippen LogP contribution in [-0.2, 0) is 16.6 Å². The molecule has 4 aromatic rings. The quantitative estimate of drug-likeness (QED) is 0.278. The monoisotopic (exact) mass is 559 g/mol. The van der Waals surface area contributed by atoms with Gasteiger partial charge in [0.05, 0.1) is 11.3 Å². The van der Waals surface area contributed by atoms with Gasteiger partial charge in [0.2, 0.25) is 5.78 Å². The number of carbonyl (C=O) groups excluding carboxylic acids is 1. The van der Waals surface area contributed by atoms with Crippen molar-refractivity contribution >= 4 is 38.4 Å². The lowest BCUT2D eigenvalue weighted by Gasteiger charge is -2.18. The van der Waals surface area contributed by atoms with Crippen LogP contribution >= 0.6 is 0 Å². The van der Waals surface area contributed by atoms with Crippen LogP contribution in [0.1, 0.15) is 37.2 Å². The van der Waals surface area contributed by atoms with Crippen molar-refractivity contribution in [2.24, 2.45) is 0 Å². The lowest BCUT2D eigenvalue weighted by molar-refractivity contribution is 0.103. The van der Waals surface area contributed by atoms with Gasteiger partial charge in [-0.15, -0.1) is 0 Å². The Hall–Kier alpha value is -3.90. The molecule has 0 aliphatic carbocycles. The van der Waals surface area contributed by atoms with Crippen LogP contribution in [0.3, 0.4) is 0 Å². The van der Waals surface area contributed by atoms with E-state index in [1.54, 1.807) is 12.3 Å². The Morgan fingerprint density at radius 2 is 2.00 bits per heavy atom. The highest BCUT2D eigenvalue weighted by atomic mass is 32.2. The Labute approximate surface area is 225 Å². The minimum Gasteiger partial charge on any atom is -0.385 e. The van der Waals surface area contributed by atoms with Crippen molar-refractivity contribution in [3.63, 3.8) is 0 Å². The van der Waals surface area contributed by atoms with Crippen LogP contribution in [0.5, 0.6) is 0 Å². The van der Waals surface area contributed by atoms with Crippen LogP contribution in [0.25, 0.3) is 22.2 Å². The lowest BCUT2D eigenvalue weighted by Crippen LogP contribution is -2.34. The number of carbonyl (C=O) groups is 1. The molecular weight excluding hydrogens is 531 g/mol. The number of nitrogens with zero attached hydrogens (tertiary/aromatic N) is 2. The number of rotatable bonds is 6. The van der Waals surface area contributed by atoms with Crippen molar-refractivity contribution in [2.75, 3.05) is 29.7 Å². The first kappa shape index (κ1) is 25.4. The van der Waals surface area contributed by atoms with E-state index in [0.717, 1.165) is 52.6 Å². The molecule has 2 aliphatic heterocycles. The molecule has 0 radical (unpaired) electrons. The van der Waals surface area contributed by atoms with E-state index in [-0.39, 0.29) is 27.9 Å². The number of halogens is 3. The standard InChI is InChI=1S/C27H24F3N5O3S.2H2/c28-18-7-9-35(14-18)39(37,38)34-23-6-4-21(29)24(25(23)30)26(36)20-13-33-27-19(20)11-17(12-32-27)15-3-5-22-16(10-15)2-1-8-31-22;;/h3-6,10-13,18,31,34H,1-2,7-9,14H2,(H,32,33);2*1H/t18-;;/m1../s1. The van der Waals surface area contributed by atoms with E-state index in [0.29, 0.717) is 11.0 Å². The molecule has 0 saturated carbocycles. The third-order valence-corrected chi connectivity index (χ3v) is 8.63. The van der Waals surface area contributed by atoms with E-state index in [1.165, 1.54) is 11.8 Å². The Balaban J connectivity index is 0.00000194. The molecule has 1 saturated heterocycles. The molecule has 0 amide bonds. The first-order valence-electron chi connectivity index (χ1n) is 12.5. The average Bonchev–Trinajstić information content (AvgIpc) is 3.56. The van der Waals surface area contributed by atoms with Crippen molar-refractivity contribution in [3.05, 3.63) is 77.1 Å². The molecular formula is C27H28F3N5O3S. The normalized spacial score (nSPS) is 17.7. The molecule has 2 aromatic heterocycles. The van der Waals surface area contributed by atoms with Crippen LogP contribution in [-0.4, -0.2) is 54.3 Å². The molecule has 2 aliphatic rings. The van der Waals surface area contributed by atoms with E-state index in [4.69, 9.17) is 0 Å². The summed E-state index contributed by atoms with van der Waals surface area (Å²) in [7, 11) is -4.31. The van der Waals surface area contributed by atoms with Crippen LogP contribution in [0, 0.1) is 11.6 Å². The maximum absolute atomic E-state index is 15.5. The average molecular weight is 560 g/mol. The highest BCUT2D eigenvalue weighted by Crippen LogP contribution is 2.32. The zero-order valence-corrected chi connectivity index (χ0v) is 21.4. The fourth-order valence-corrected chi connectivity index (χ4v) is 6.36. The topological polar surface area (TPSA) is 107 Å². The molecule has 1 fully saturated rings. The molecule has 6 rings (SSSR count). The summed E-state index contributed by atoms with van der Waals surface area (Å²) < 4.78 is 71.9. The van der Waals surface area contributed by atoms with E-state index < -0.39 is 45.0 Å². The van der Waals surface area contributed by atoms with Crippen LogP contribution in [0.4, 0.5) is 24.5 Å². The Morgan fingerprint density at radius 1 is 1.15 bits per heavy atom. The smallest absolute Gasteiger partial charge is 0.301 e. The number of aromatic nitrogens is 2. The summed E-state index contributed by atoms with van der Waals surface area (Å²) >= 11 is 0. The summed E-state index contributed by atoms with van der Waals surface area (Å²) in [5.74, 6) is -3.48. The Kier molecular flexibility index (Phi) is 6.31. The Bertz CT molecular complexity index is 1730. The number of nitrogens with one attached hydrogen (secondary N) is 3. The lowest BCUT2D eigenvalue weighted by atomic mass is 9.96. The number of aromatic amines is 1. The number of hydrogen-bond donors (Lipinski definition) is 3. The fourth-order valence-electron chi connectivity index (χ4n) is 5.09. The molecule has 0 spiro atoms. The van der Waals surface area contributed by atoms with Crippen LogP contribution in [0.2, 0.25) is 0 Å². The zero-order valence-electron chi connectivity index (χ0n) is 20.6. The minimum atomic E-state index is -4.31. The van der Waals surface area contributed by atoms with Gasteiger partial charge < -0.3 is 10.3 Å². The zero-order chi connectivity index (χ0) is 27.3. The second-order valence-electron chi connectivity index (χ2n) is 9.69. The second kappa shape index (κ2) is 9.69. The van der Waals surface area contributed by atoms with Crippen molar-refractivity contribution in [3.8, 4) is 11.1 Å². The first-order chi connectivity index (χ1) is 18.7. The van der Waals surface area contributed by atoms with Gasteiger partial charge in [-0.25, -0.2) is 18.2 Å². The van der Waals surface area contributed by atoms with Gasteiger partial charge in [0.1, 0.15) is 17.6 Å². The summed E-state index contributed by atoms with van der Waals surface area (Å²) in [6.45, 7) is 0.479. The number of anilines is 2. The first-order valence-corrected chi connectivity index (χ1v) is 13.9. The van der Waals surface area contributed by atoms with Crippen molar-refractivity contribution in [2.45, 2.75) is 25.4 Å². The summed E-state index contributed by atoms with van der Waals surface area (Å²) in [4.78, 5) is 20.7. The highest BCUT2D eigenvalue weighted by molar-refractivity contribution is 7.90. The van der Waals surface area contributed by atoms with Gasteiger partial charge in [-0.3, -0.25) is 9.52 Å². The van der Waals surface area contributed by atoms with E-state index in [2.05, 4.69) is 21.4 Å². The Morgan fingerprint density at radius 3 is 2.79 bits per heavy atom. The number of aryl methyl sites for hydroxylation is 1. The van der Waals surface area contributed by atoms with Crippen molar-refractivity contribution in [1.82, 2.24) is 14.3 Å². The maximum Gasteiger partial charge on any atom is 0.301 e. The van der Waals surface area contributed by atoms with E-state index in [1.807, 2.05) is 16.9 Å². The van der Waals surface area contributed by atoms with Gasteiger partial charge in [-0.2, -0.15) is 12.7 Å². The molecule has 39 heavy (non-hydrogen) atoms. The predicted molar refractivity (Wildman–Crippen MR) is 146 cm³/mol. The van der Waals surface area contributed by atoms with Crippen LogP contribution in [0.15, 0.2) is 48.8 Å². The van der Waals surface area contributed by atoms with Crippen molar-refractivity contribution in [1.29, 1.82) is 0 Å². The largest absolute Gasteiger partial charge is 0.385 e. The van der Waals surface area contributed by atoms with Gasteiger partial charge >= 0.3 is 10.2 Å². The number of benzene rings is 2. The fraction of sp³-hybridized carbons (Fsp3) is 0.259. The van der Waals surface area contributed by atoms with Gasteiger partial charge in [-0.05, 0) is 60.7 Å².